The number of fused-ring (bicyclic) bond motifs is 1. The summed E-state index contributed by atoms with van der Waals surface area (Å²) < 4.78 is 66.5. The number of H-pyrrole nitrogens is 1. The number of aromatic amines is 1. The van der Waals surface area contributed by atoms with Crippen LogP contribution >= 0.6 is 0 Å². The molecule has 1 aromatic carbocycles. The molecule has 0 fully saturated rings. The number of para-hydroxylation sites is 1. The van der Waals surface area contributed by atoms with Gasteiger partial charge in [-0.05, 0) is 18.1 Å². The summed E-state index contributed by atoms with van der Waals surface area (Å²) in [6.07, 6.45) is -0.247. The number of nitrogens with zero attached hydrogens (tertiary/aromatic N) is 3. The molecule has 0 aliphatic carbocycles. The van der Waals surface area contributed by atoms with Crippen LogP contribution in [0, 0.1) is 0 Å². The van der Waals surface area contributed by atoms with E-state index in [1.165, 1.54) is 6.20 Å². The highest BCUT2D eigenvalue weighted by molar-refractivity contribution is 7.90. The molecule has 0 amide bonds. The molecule has 27 heavy (non-hydrogen) atoms. The fourth-order valence-electron chi connectivity index (χ4n) is 3.20. The first-order valence-electron chi connectivity index (χ1n) is 8.09. The second kappa shape index (κ2) is 6.24. The molecule has 0 bridgehead atoms. The van der Waals surface area contributed by atoms with Crippen LogP contribution in [-0.2, 0) is 16.2 Å². The number of hydrogen-bond donors (Lipinski definition) is 1. The van der Waals surface area contributed by atoms with Gasteiger partial charge in [0.2, 0.25) is 0 Å². The van der Waals surface area contributed by atoms with Crippen LogP contribution in [0.2, 0.25) is 0 Å². The first kappa shape index (κ1) is 17.8. The lowest BCUT2D eigenvalue weighted by molar-refractivity contribution is -0.143. The average molecular weight is 395 g/mol. The fourth-order valence-corrected chi connectivity index (χ4v) is 4.68. The number of rotatable bonds is 3. The van der Waals surface area contributed by atoms with Crippen molar-refractivity contribution in [2.75, 3.05) is 13.1 Å². The minimum Gasteiger partial charge on any atom is -0.659 e. The van der Waals surface area contributed by atoms with Crippen LogP contribution in [0.3, 0.4) is 0 Å². The first-order valence-corrected chi connectivity index (χ1v) is 9.53. The SMILES string of the molecule is O=S(=O)(c1cn[nH]c1C(F)(F)F)n1cc(C2=CC[N-]CC2)c2ccccc21. The minimum atomic E-state index is -4.86. The van der Waals surface area contributed by atoms with Gasteiger partial charge in [-0.3, -0.25) is 5.10 Å². The van der Waals surface area contributed by atoms with E-state index in [2.05, 4.69) is 10.4 Å². The molecule has 142 valence electrons. The molecule has 3 aromatic rings. The quantitative estimate of drug-likeness (QED) is 0.733. The van der Waals surface area contributed by atoms with Crippen molar-refractivity contribution in [2.24, 2.45) is 0 Å². The third kappa shape index (κ3) is 2.94. The summed E-state index contributed by atoms with van der Waals surface area (Å²) in [7, 11) is -4.50. The predicted molar refractivity (Wildman–Crippen MR) is 93.8 cm³/mol. The Bertz CT molecular complexity index is 1140. The molecule has 4 rings (SSSR count). The Morgan fingerprint density at radius 3 is 2.70 bits per heavy atom. The van der Waals surface area contributed by atoms with Crippen molar-refractivity contribution in [1.82, 2.24) is 14.2 Å². The Labute approximate surface area is 152 Å². The van der Waals surface area contributed by atoms with Gasteiger partial charge in [-0.25, -0.2) is 12.4 Å². The van der Waals surface area contributed by atoms with Crippen LogP contribution in [0.1, 0.15) is 17.7 Å². The van der Waals surface area contributed by atoms with Gasteiger partial charge in [0.15, 0.2) is 5.69 Å². The highest BCUT2D eigenvalue weighted by Gasteiger charge is 2.40. The fraction of sp³-hybridized carbons (Fsp3) is 0.235. The average Bonchev–Trinajstić information content (AvgIpc) is 3.28. The van der Waals surface area contributed by atoms with E-state index in [1.54, 1.807) is 29.4 Å². The van der Waals surface area contributed by atoms with Crippen molar-refractivity contribution in [3.63, 3.8) is 0 Å². The van der Waals surface area contributed by atoms with E-state index in [9.17, 15) is 21.6 Å². The van der Waals surface area contributed by atoms with Gasteiger partial charge < -0.3 is 5.32 Å². The van der Waals surface area contributed by atoms with Gasteiger partial charge in [-0.1, -0.05) is 18.2 Å². The maximum atomic E-state index is 13.2. The number of aromatic nitrogens is 3. The monoisotopic (exact) mass is 395 g/mol. The van der Waals surface area contributed by atoms with Gasteiger partial charge in [0.25, 0.3) is 10.0 Å². The summed E-state index contributed by atoms with van der Waals surface area (Å²) in [5, 5.41) is 9.93. The standard InChI is InChI=1S/C17H14F3N4O2S/c18-17(19,20)16-15(9-22-23-16)27(25,26)24-10-13(11-5-7-21-8-6-11)12-3-1-2-4-14(12)24/h1-5,9-10H,6-8H2,(H,22,23)/q-1. The van der Waals surface area contributed by atoms with Crippen molar-refractivity contribution >= 4 is 26.5 Å². The Kier molecular flexibility index (Phi) is 4.11. The van der Waals surface area contributed by atoms with Crippen LogP contribution in [0.5, 0.6) is 0 Å². The lowest BCUT2D eigenvalue weighted by Crippen LogP contribution is -2.17. The van der Waals surface area contributed by atoms with Crippen LogP contribution in [0.25, 0.3) is 21.8 Å². The van der Waals surface area contributed by atoms with Crippen LogP contribution in [0.15, 0.2) is 47.6 Å². The van der Waals surface area contributed by atoms with Gasteiger partial charge in [0, 0.05) is 17.1 Å². The van der Waals surface area contributed by atoms with Crippen molar-refractivity contribution < 1.29 is 21.6 Å². The molecule has 0 unspecified atom stereocenters. The third-order valence-corrected chi connectivity index (χ3v) is 6.14. The van der Waals surface area contributed by atoms with Crippen molar-refractivity contribution in [2.45, 2.75) is 17.5 Å². The van der Waals surface area contributed by atoms with Gasteiger partial charge in [-0.2, -0.15) is 18.3 Å². The lowest BCUT2D eigenvalue weighted by atomic mass is 10.00. The molecule has 1 aliphatic rings. The molecular weight excluding hydrogens is 381 g/mol. The second-order valence-corrected chi connectivity index (χ2v) is 7.86. The Balaban J connectivity index is 1.95. The maximum absolute atomic E-state index is 13.2. The largest absolute Gasteiger partial charge is 0.659 e. The Morgan fingerprint density at radius 2 is 2.00 bits per heavy atom. The molecule has 0 atom stereocenters. The highest BCUT2D eigenvalue weighted by Crippen LogP contribution is 2.36. The molecule has 0 spiro atoms. The van der Waals surface area contributed by atoms with Gasteiger partial charge in [0.05, 0.1) is 11.7 Å². The summed E-state index contributed by atoms with van der Waals surface area (Å²) >= 11 is 0. The topological polar surface area (TPSA) is 81.8 Å². The second-order valence-electron chi connectivity index (χ2n) is 6.08. The molecule has 10 heteroatoms. The number of alkyl halides is 3. The zero-order valence-electron chi connectivity index (χ0n) is 13.9. The molecular formula is C17H14F3N4O2S-. The van der Waals surface area contributed by atoms with E-state index >= 15 is 0 Å². The molecule has 1 aliphatic heterocycles. The van der Waals surface area contributed by atoms with Gasteiger partial charge in [-0.15, -0.1) is 19.2 Å². The molecule has 2 aromatic heterocycles. The number of hydrogen-bond acceptors (Lipinski definition) is 3. The summed E-state index contributed by atoms with van der Waals surface area (Å²) in [5.41, 5.74) is 0.530. The van der Waals surface area contributed by atoms with Gasteiger partial charge in [0.1, 0.15) is 4.90 Å². The summed E-state index contributed by atoms with van der Waals surface area (Å²) in [6.45, 7) is 1.15. The van der Waals surface area contributed by atoms with Crippen LogP contribution in [0.4, 0.5) is 13.2 Å². The van der Waals surface area contributed by atoms with E-state index in [-0.39, 0.29) is 0 Å². The summed E-state index contributed by atoms with van der Waals surface area (Å²) in [5.74, 6) is 0. The minimum absolute atomic E-state index is 0.310. The molecule has 1 N–H and O–H groups in total. The summed E-state index contributed by atoms with van der Waals surface area (Å²) in [6, 6.07) is 6.72. The Hall–Kier alpha value is -2.59. The van der Waals surface area contributed by atoms with Crippen LogP contribution < -0.4 is 0 Å². The third-order valence-electron chi connectivity index (χ3n) is 4.45. The smallest absolute Gasteiger partial charge is 0.434 e. The van der Waals surface area contributed by atoms with E-state index in [0.717, 1.165) is 9.55 Å². The number of nitrogens with one attached hydrogen (secondary N) is 1. The zero-order valence-corrected chi connectivity index (χ0v) is 14.7. The zero-order chi connectivity index (χ0) is 19.2. The van der Waals surface area contributed by atoms with Crippen molar-refractivity contribution in [3.05, 3.63) is 59.3 Å². The van der Waals surface area contributed by atoms with Gasteiger partial charge >= 0.3 is 6.18 Å². The van der Waals surface area contributed by atoms with E-state index < -0.39 is 26.8 Å². The van der Waals surface area contributed by atoms with E-state index in [1.807, 2.05) is 6.08 Å². The summed E-state index contributed by atoms with van der Waals surface area (Å²) in [4.78, 5) is -0.907. The van der Waals surface area contributed by atoms with Crippen molar-refractivity contribution in [1.29, 1.82) is 0 Å². The predicted octanol–water partition coefficient (Wildman–Crippen LogP) is 3.78. The Morgan fingerprint density at radius 1 is 1.22 bits per heavy atom. The number of halogens is 3. The molecule has 3 heterocycles. The van der Waals surface area contributed by atoms with E-state index in [0.29, 0.717) is 42.2 Å². The first-order chi connectivity index (χ1) is 12.8. The maximum Gasteiger partial charge on any atom is 0.434 e. The normalized spacial score (nSPS) is 15.9. The molecule has 6 nitrogen and oxygen atoms in total. The van der Waals surface area contributed by atoms with Crippen LogP contribution in [-0.4, -0.2) is 35.7 Å². The lowest BCUT2D eigenvalue weighted by Gasteiger charge is -2.24. The highest BCUT2D eigenvalue weighted by atomic mass is 32.2. The molecule has 0 radical (unpaired) electrons. The van der Waals surface area contributed by atoms with Crippen molar-refractivity contribution in [3.8, 4) is 0 Å². The molecule has 0 saturated carbocycles. The van der Waals surface area contributed by atoms with E-state index in [4.69, 9.17) is 0 Å². The number of benzene rings is 1. The molecule has 0 saturated heterocycles.